The predicted octanol–water partition coefficient (Wildman–Crippen LogP) is 13.8. The van der Waals surface area contributed by atoms with Crippen LogP contribution in [0, 0.1) is 11.8 Å². The average molecular weight is 723 g/mol. The molecular weight excluding hydrogens is 636 g/mol. The maximum atomic E-state index is 12.7. The highest BCUT2D eigenvalue weighted by atomic mass is 16.6. The number of carbonyl (C=O) groups excluding carboxylic acids is 3. The van der Waals surface area contributed by atoms with E-state index < -0.39 is 6.10 Å². The molecule has 0 bridgehead atoms. The molecule has 6 nitrogen and oxygen atoms in total. The zero-order valence-electron chi connectivity index (χ0n) is 34.7. The largest absolute Gasteiger partial charge is 0.462 e. The molecule has 0 saturated carbocycles. The summed E-state index contributed by atoms with van der Waals surface area (Å²) in [5.74, 6) is 0.727. The van der Waals surface area contributed by atoms with E-state index in [9.17, 15) is 14.4 Å². The summed E-state index contributed by atoms with van der Waals surface area (Å²) in [6, 6.07) is 0. The molecule has 0 radical (unpaired) electrons. The quantitative estimate of drug-likeness (QED) is 0.0357. The fourth-order valence-electron chi connectivity index (χ4n) is 6.54. The first kappa shape index (κ1) is 49.4. The topological polar surface area (TPSA) is 78.9 Å². The molecule has 1 unspecified atom stereocenters. The Bertz CT molecular complexity index is 781. The summed E-state index contributed by atoms with van der Waals surface area (Å²) in [6.45, 7) is 11.3. The molecule has 0 aliphatic rings. The van der Waals surface area contributed by atoms with Crippen molar-refractivity contribution in [3.8, 4) is 0 Å². The van der Waals surface area contributed by atoms with Gasteiger partial charge in [0.25, 0.3) is 0 Å². The fourth-order valence-corrected chi connectivity index (χ4v) is 6.54. The molecule has 0 spiro atoms. The smallest absolute Gasteiger partial charge is 0.306 e. The van der Waals surface area contributed by atoms with E-state index in [0.29, 0.717) is 19.3 Å². The third-order valence-electron chi connectivity index (χ3n) is 10.3. The van der Waals surface area contributed by atoms with Gasteiger partial charge in [0, 0.05) is 19.3 Å². The zero-order chi connectivity index (χ0) is 37.6. The van der Waals surface area contributed by atoms with Crippen molar-refractivity contribution in [1.29, 1.82) is 0 Å². The normalized spacial score (nSPS) is 12.6. The number of rotatable bonds is 39. The number of carbonyl (C=O) groups is 3. The van der Waals surface area contributed by atoms with E-state index in [0.717, 1.165) is 69.6 Å². The van der Waals surface area contributed by atoms with E-state index in [1.54, 1.807) is 0 Å². The number of ether oxygens (including phenoxy) is 3. The second-order valence-electron chi connectivity index (χ2n) is 16.1. The van der Waals surface area contributed by atoms with Crippen LogP contribution in [-0.2, 0) is 28.6 Å². The Morgan fingerprint density at radius 3 is 1.12 bits per heavy atom. The molecule has 0 aliphatic heterocycles. The van der Waals surface area contributed by atoms with Gasteiger partial charge in [0.05, 0.1) is 0 Å². The van der Waals surface area contributed by atoms with Crippen molar-refractivity contribution in [2.24, 2.45) is 11.8 Å². The summed E-state index contributed by atoms with van der Waals surface area (Å²) < 4.78 is 16.7. The van der Waals surface area contributed by atoms with Gasteiger partial charge in [-0.05, 0) is 31.1 Å². The third-order valence-corrected chi connectivity index (χ3v) is 10.3. The van der Waals surface area contributed by atoms with Crippen molar-refractivity contribution in [3.63, 3.8) is 0 Å². The van der Waals surface area contributed by atoms with E-state index >= 15 is 0 Å². The van der Waals surface area contributed by atoms with Crippen LogP contribution in [0.3, 0.4) is 0 Å². The molecule has 2 atom stereocenters. The number of hydrogen-bond acceptors (Lipinski definition) is 6. The van der Waals surface area contributed by atoms with Gasteiger partial charge in [-0.25, -0.2) is 0 Å². The zero-order valence-corrected chi connectivity index (χ0v) is 34.7. The maximum Gasteiger partial charge on any atom is 0.306 e. The molecule has 0 aliphatic carbocycles. The molecule has 0 fully saturated rings. The number of esters is 3. The molecule has 0 amide bonds. The minimum absolute atomic E-state index is 0.0662. The standard InChI is InChI=1S/C45H86O6/c1-6-8-9-10-11-12-13-14-15-16-19-25-30-35-43(46)49-38-42(51-45(48)37-32-27-22-21-24-29-34-41(5)7-2)39-50-44(47)36-31-26-20-17-18-23-28-33-40(3)4/h40-42H,6-39H2,1-5H3/t41?,42-/m0/s1. The predicted molar refractivity (Wildman–Crippen MR) is 215 cm³/mol. The summed E-state index contributed by atoms with van der Waals surface area (Å²) in [5, 5.41) is 0. The van der Waals surface area contributed by atoms with Crippen molar-refractivity contribution < 1.29 is 28.6 Å². The first-order valence-corrected chi connectivity index (χ1v) is 22.3. The van der Waals surface area contributed by atoms with Crippen molar-refractivity contribution in [2.75, 3.05) is 13.2 Å². The highest BCUT2D eigenvalue weighted by Crippen LogP contribution is 2.17. The Kier molecular flexibility index (Phi) is 37.0. The molecule has 0 aromatic heterocycles. The monoisotopic (exact) mass is 723 g/mol. The van der Waals surface area contributed by atoms with Gasteiger partial charge in [-0.3, -0.25) is 14.4 Å². The maximum absolute atomic E-state index is 12.7. The van der Waals surface area contributed by atoms with E-state index in [1.165, 1.54) is 128 Å². The molecule has 0 aromatic rings. The lowest BCUT2D eigenvalue weighted by Crippen LogP contribution is -2.30. The highest BCUT2D eigenvalue weighted by Gasteiger charge is 2.19. The van der Waals surface area contributed by atoms with Gasteiger partial charge in [0.2, 0.25) is 0 Å². The molecule has 0 heterocycles. The van der Waals surface area contributed by atoms with Crippen LogP contribution in [0.2, 0.25) is 0 Å². The first-order valence-electron chi connectivity index (χ1n) is 22.3. The molecular formula is C45H86O6. The minimum atomic E-state index is -0.761. The van der Waals surface area contributed by atoms with Crippen LogP contribution in [0.4, 0.5) is 0 Å². The molecule has 6 heteroatoms. The Morgan fingerprint density at radius 1 is 0.412 bits per heavy atom. The van der Waals surface area contributed by atoms with Crippen LogP contribution in [0.1, 0.15) is 240 Å². The third kappa shape index (κ3) is 38.0. The summed E-state index contributed by atoms with van der Waals surface area (Å²) in [7, 11) is 0. The van der Waals surface area contributed by atoms with E-state index in [2.05, 4.69) is 34.6 Å². The molecule has 0 N–H and O–H groups in total. The van der Waals surface area contributed by atoms with Gasteiger partial charge in [0.15, 0.2) is 6.10 Å². The van der Waals surface area contributed by atoms with Crippen molar-refractivity contribution in [1.82, 2.24) is 0 Å². The lowest BCUT2D eigenvalue weighted by molar-refractivity contribution is -0.167. The van der Waals surface area contributed by atoms with Gasteiger partial charge < -0.3 is 14.2 Å². The van der Waals surface area contributed by atoms with Gasteiger partial charge in [0.1, 0.15) is 13.2 Å². The summed E-state index contributed by atoms with van der Waals surface area (Å²) in [6.07, 6.45) is 35.2. The summed E-state index contributed by atoms with van der Waals surface area (Å²) in [4.78, 5) is 37.6. The molecule has 0 saturated heterocycles. The van der Waals surface area contributed by atoms with Gasteiger partial charge in [-0.2, -0.15) is 0 Å². The van der Waals surface area contributed by atoms with Gasteiger partial charge in [-0.1, -0.05) is 202 Å². The SMILES string of the molecule is CCCCCCCCCCCCCCCC(=O)OC[C@@H](COC(=O)CCCCCCCCCC(C)C)OC(=O)CCCCCCCCC(C)CC. The van der Waals surface area contributed by atoms with Crippen LogP contribution < -0.4 is 0 Å². The Labute approximate surface area is 317 Å². The second kappa shape index (κ2) is 38.1. The van der Waals surface area contributed by atoms with Crippen LogP contribution >= 0.6 is 0 Å². The van der Waals surface area contributed by atoms with Crippen molar-refractivity contribution in [3.05, 3.63) is 0 Å². The van der Waals surface area contributed by atoms with E-state index in [-0.39, 0.29) is 31.1 Å². The molecule has 302 valence electrons. The second-order valence-corrected chi connectivity index (χ2v) is 16.1. The fraction of sp³-hybridized carbons (Fsp3) is 0.933. The van der Waals surface area contributed by atoms with Crippen LogP contribution in [-0.4, -0.2) is 37.2 Å². The lowest BCUT2D eigenvalue weighted by Gasteiger charge is -2.18. The van der Waals surface area contributed by atoms with Crippen LogP contribution in [0.15, 0.2) is 0 Å². The van der Waals surface area contributed by atoms with Gasteiger partial charge >= 0.3 is 17.9 Å². The Hall–Kier alpha value is -1.59. The summed E-state index contributed by atoms with van der Waals surface area (Å²) in [5.41, 5.74) is 0. The van der Waals surface area contributed by atoms with Crippen LogP contribution in [0.25, 0.3) is 0 Å². The van der Waals surface area contributed by atoms with E-state index in [1.807, 2.05) is 0 Å². The molecule has 0 rings (SSSR count). The van der Waals surface area contributed by atoms with Crippen molar-refractivity contribution >= 4 is 17.9 Å². The Morgan fingerprint density at radius 2 is 0.745 bits per heavy atom. The average Bonchev–Trinajstić information content (AvgIpc) is 3.11. The molecule has 51 heavy (non-hydrogen) atoms. The van der Waals surface area contributed by atoms with E-state index in [4.69, 9.17) is 14.2 Å². The highest BCUT2D eigenvalue weighted by molar-refractivity contribution is 5.71. The number of hydrogen-bond donors (Lipinski definition) is 0. The number of unbranched alkanes of at least 4 members (excludes halogenated alkanes) is 23. The van der Waals surface area contributed by atoms with Crippen LogP contribution in [0.5, 0.6) is 0 Å². The summed E-state index contributed by atoms with van der Waals surface area (Å²) >= 11 is 0. The van der Waals surface area contributed by atoms with Gasteiger partial charge in [-0.15, -0.1) is 0 Å². The lowest BCUT2D eigenvalue weighted by atomic mass is 10.00. The first-order chi connectivity index (χ1) is 24.8. The Balaban J connectivity index is 4.34. The minimum Gasteiger partial charge on any atom is -0.462 e. The molecule has 0 aromatic carbocycles. The van der Waals surface area contributed by atoms with Crippen molar-refractivity contribution in [2.45, 2.75) is 246 Å².